The Labute approximate surface area is 137 Å². The number of benzene rings is 2. The monoisotopic (exact) mass is 331 g/mol. The maximum absolute atomic E-state index is 11.9. The van der Waals surface area contributed by atoms with Gasteiger partial charge < -0.3 is 5.11 Å². The molecule has 1 aliphatic heterocycles. The molecule has 4 nitrogen and oxygen atoms in total. The third-order valence-electron chi connectivity index (χ3n) is 4.45. The fourth-order valence-electron chi connectivity index (χ4n) is 3.32. The molecule has 1 saturated heterocycles. The Morgan fingerprint density at radius 3 is 1.83 bits per heavy atom. The van der Waals surface area contributed by atoms with E-state index in [2.05, 4.69) is 0 Å². The van der Waals surface area contributed by atoms with E-state index in [0.29, 0.717) is 0 Å². The molecule has 2 aromatic carbocycles. The molecule has 122 valence electrons. The largest absolute Gasteiger partial charge is 0.390 e. The van der Waals surface area contributed by atoms with Crippen LogP contribution in [0.15, 0.2) is 60.7 Å². The third kappa shape index (κ3) is 3.47. The molecule has 1 aliphatic rings. The highest BCUT2D eigenvalue weighted by molar-refractivity contribution is 7.91. The predicted octanol–water partition coefficient (Wildman–Crippen LogP) is 1.87. The first-order valence-electron chi connectivity index (χ1n) is 7.68. The van der Waals surface area contributed by atoms with Crippen LogP contribution in [0.5, 0.6) is 0 Å². The molecule has 0 aliphatic carbocycles. The van der Waals surface area contributed by atoms with Gasteiger partial charge in [-0.05, 0) is 18.2 Å². The quantitative estimate of drug-likeness (QED) is 0.929. The van der Waals surface area contributed by atoms with Crippen LogP contribution in [0.1, 0.15) is 17.2 Å². The molecule has 2 atom stereocenters. The van der Waals surface area contributed by atoms with Crippen molar-refractivity contribution in [2.24, 2.45) is 0 Å². The van der Waals surface area contributed by atoms with Crippen LogP contribution in [0, 0.1) is 0 Å². The van der Waals surface area contributed by atoms with E-state index in [1.165, 1.54) is 0 Å². The topological polar surface area (TPSA) is 57.6 Å². The number of hydrogen-bond donors (Lipinski definition) is 1. The van der Waals surface area contributed by atoms with E-state index in [9.17, 15) is 13.5 Å². The molecular weight excluding hydrogens is 310 g/mol. The molecule has 1 N–H and O–H groups in total. The lowest BCUT2D eigenvalue weighted by atomic mass is 9.95. The highest BCUT2D eigenvalue weighted by Crippen LogP contribution is 2.32. The predicted molar refractivity (Wildman–Crippen MR) is 90.9 cm³/mol. The average molecular weight is 331 g/mol. The van der Waals surface area contributed by atoms with Crippen molar-refractivity contribution in [3.8, 4) is 0 Å². The van der Waals surface area contributed by atoms with Crippen LogP contribution in [0.25, 0.3) is 0 Å². The minimum atomic E-state index is -3.18. The fraction of sp³-hybridized carbons (Fsp3) is 0.333. The molecule has 23 heavy (non-hydrogen) atoms. The molecule has 2 aromatic rings. The first-order valence-corrected chi connectivity index (χ1v) is 9.50. The molecule has 0 amide bonds. The van der Waals surface area contributed by atoms with Crippen molar-refractivity contribution in [1.29, 1.82) is 0 Å². The molecule has 0 saturated carbocycles. The molecule has 0 bridgehead atoms. The van der Waals surface area contributed by atoms with Crippen molar-refractivity contribution in [2.75, 3.05) is 18.6 Å². The summed E-state index contributed by atoms with van der Waals surface area (Å²) >= 11 is 0. The SMILES string of the molecule is CN(C(c1ccccc1)c1ccccc1)[C@H]1CS(=O)(=O)C[C@H]1O. The number of aliphatic hydroxyl groups excluding tert-OH is 1. The van der Waals surface area contributed by atoms with Gasteiger partial charge in [-0.3, -0.25) is 4.90 Å². The van der Waals surface area contributed by atoms with E-state index in [0.717, 1.165) is 11.1 Å². The summed E-state index contributed by atoms with van der Waals surface area (Å²) in [7, 11) is -1.29. The number of rotatable bonds is 4. The molecule has 5 heteroatoms. The van der Waals surface area contributed by atoms with Crippen molar-refractivity contribution < 1.29 is 13.5 Å². The van der Waals surface area contributed by atoms with Gasteiger partial charge in [-0.1, -0.05) is 60.7 Å². The summed E-state index contributed by atoms with van der Waals surface area (Å²) in [5, 5.41) is 10.2. The number of nitrogens with zero attached hydrogens (tertiary/aromatic N) is 1. The van der Waals surface area contributed by atoms with Gasteiger partial charge in [0.2, 0.25) is 0 Å². The van der Waals surface area contributed by atoms with Crippen molar-refractivity contribution in [3.63, 3.8) is 0 Å². The molecular formula is C18H21NO3S. The van der Waals surface area contributed by atoms with Crippen molar-refractivity contribution in [2.45, 2.75) is 18.2 Å². The number of likely N-dealkylation sites (N-methyl/N-ethyl adjacent to an activating group) is 1. The average Bonchev–Trinajstić information content (AvgIpc) is 2.82. The van der Waals surface area contributed by atoms with E-state index < -0.39 is 22.0 Å². The number of aliphatic hydroxyl groups is 1. The Hall–Kier alpha value is -1.69. The van der Waals surface area contributed by atoms with Gasteiger partial charge in [0.15, 0.2) is 9.84 Å². The third-order valence-corrected chi connectivity index (χ3v) is 6.15. The maximum atomic E-state index is 11.9. The number of sulfone groups is 1. The van der Waals surface area contributed by atoms with Crippen LogP contribution in [0.3, 0.4) is 0 Å². The summed E-state index contributed by atoms with van der Waals surface area (Å²) in [5.41, 5.74) is 2.16. The minimum absolute atomic E-state index is 0.000827. The van der Waals surface area contributed by atoms with Gasteiger partial charge in [-0.2, -0.15) is 0 Å². The Morgan fingerprint density at radius 2 is 1.43 bits per heavy atom. The standard InChI is InChI=1S/C18H21NO3S/c1-19(16-12-23(21,22)13-17(16)20)18(14-8-4-2-5-9-14)15-10-6-3-7-11-15/h2-11,16-18,20H,12-13H2,1H3/t16-,17+/m0/s1. The molecule has 3 rings (SSSR count). The molecule has 0 unspecified atom stereocenters. The van der Waals surface area contributed by atoms with Gasteiger partial charge in [-0.25, -0.2) is 8.42 Å². The van der Waals surface area contributed by atoms with Crippen LogP contribution in [0.4, 0.5) is 0 Å². The van der Waals surface area contributed by atoms with Crippen molar-refractivity contribution in [1.82, 2.24) is 4.90 Å². The minimum Gasteiger partial charge on any atom is -0.390 e. The van der Waals surface area contributed by atoms with Gasteiger partial charge in [0.1, 0.15) is 0 Å². The molecule has 0 aromatic heterocycles. The molecule has 1 heterocycles. The van der Waals surface area contributed by atoms with Gasteiger partial charge in [-0.15, -0.1) is 0 Å². The Morgan fingerprint density at radius 1 is 0.957 bits per heavy atom. The van der Waals surface area contributed by atoms with Crippen molar-refractivity contribution >= 4 is 9.84 Å². The van der Waals surface area contributed by atoms with Gasteiger partial charge in [0, 0.05) is 0 Å². The zero-order valence-electron chi connectivity index (χ0n) is 13.0. The smallest absolute Gasteiger partial charge is 0.154 e. The van der Waals surface area contributed by atoms with Crippen LogP contribution in [-0.4, -0.2) is 49.1 Å². The number of hydrogen-bond acceptors (Lipinski definition) is 4. The maximum Gasteiger partial charge on any atom is 0.154 e. The molecule has 0 radical (unpaired) electrons. The Balaban J connectivity index is 1.99. The zero-order chi connectivity index (χ0) is 16.4. The van der Waals surface area contributed by atoms with E-state index >= 15 is 0 Å². The summed E-state index contributed by atoms with van der Waals surface area (Å²) in [6, 6.07) is 19.4. The van der Waals surface area contributed by atoms with Crippen LogP contribution in [0.2, 0.25) is 0 Å². The van der Waals surface area contributed by atoms with E-state index in [1.54, 1.807) is 0 Å². The molecule has 1 fully saturated rings. The second-order valence-corrected chi connectivity index (χ2v) is 8.25. The van der Waals surface area contributed by atoms with Crippen LogP contribution < -0.4 is 0 Å². The van der Waals surface area contributed by atoms with Gasteiger partial charge >= 0.3 is 0 Å². The Bertz CT molecular complexity index is 707. The van der Waals surface area contributed by atoms with E-state index in [-0.39, 0.29) is 17.5 Å². The van der Waals surface area contributed by atoms with Crippen molar-refractivity contribution in [3.05, 3.63) is 71.8 Å². The second-order valence-electron chi connectivity index (χ2n) is 6.10. The van der Waals surface area contributed by atoms with Crippen LogP contribution in [-0.2, 0) is 9.84 Å². The zero-order valence-corrected chi connectivity index (χ0v) is 13.9. The van der Waals surface area contributed by atoms with Crippen LogP contribution >= 0.6 is 0 Å². The molecule has 0 spiro atoms. The second kappa shape index (κ2) is 6.43. The summed E-state index contributed by atoms with van der Waals surface area (Å²) < 4.78 is 23.7. The lowest BCUT2D eigenvalue weighted by Crippen LogP contribution is -2.43. The summed E-state index contributed by atoms with van der Waals surface area (Å²) in [6.45, 7) is 0. The lowest BCUT2D eigenvalue weighted by Gasteiger charge is -2.34. The van der Waals surface area contributed by atoms with E-state index in [1.807, 2.05) is 72.6 Å². The summed E-state index contributed by atoms with van der Waals surface area (Å²) in [4.78, 5) is 1.99. The highest BCUT2D eigenvalue weighted by atomic mass is 32.2. The van der Waals surface area contributed by atoms with E-state index in [4.69, 9.17) is 0 Å². The normalized spacial score (nSPS) is 23.5. The fourth-order valence-corrected chi connectivity index (χ4v) is 5.18. The van der Waals surface area contributed by atoms with Gasteiger partial charge in [0.25, 0.3) is 0 Å². The summed E-state index contributed by atoms with van der Waals surface area (Å²) in [6.07, 6.45) is -0.847. The van der Waals surface area contributed by atoms with Gasteiger partial charge in [0.05, 0.1) is 29.7 Å². The first-order chi connectivity index (χ1) is 11.0. The lowest BCUT2D eigenvalue weighted by molar-refractivity contribution is 0.0830. The highest BCUT2D eigenvalue weighted by Gasteiger charge is 2.41. The summed E-state index contributed by atoms with van der Waals surface area (Å²) in [5.74, 6) is -0.154. The first kappa shape index (κ1) is 16.2. The Kier molecular flexibility index (Phi) is 4.53.